The van der Waals surface area contributed by atoms with E-state index in [2.05, 4.69) is 0 Å². The summed E-state index contributed by atoms with van der Waals surface area (Å²) in [6.07, 6.45) is 0.313. The van der Waals surface area contributed by atoms with Gasteiger partial charge in [-0.15, -0.1) is 0 Å². The van der Waals surface area contributed by atoms with Crippen LogP contribution in [0.1, 0.15) is 18.9 Å². The third kappa shape index (κ3) is 3.05. The molecular weight excluding hydrogens is 214 g/mol. The average molecular weight is 231 g/mol. The Morgan fingerprint density at radius 1 is 1.47 bits per heavy atom. The van der Waals surface area contributed by atoms with Crippen molar-refractivity contribution in [3.8, 4) is 6.07 Å². The van der Waals surface area contributed by atoms with Crippen LogP contribution in [-0.2, 0) is 10.3 Å². The number of carbonyl (C=O) groups is 1. The standard InChI is InChI=1S/C13H17N3O/c1-13(15,11-7-4-3-5-8-11)12(17)16(2)10-6-9-14/h3-5,7-8H,6,10,15H2,1-2H3. The Labute approximate surface area is 102 Å². The highest BCUT2D eigenvalue weighted by Gasteiger charge is 2.32. The van der Waals surface area contributed by atoms with Crippen molar-refractivity contribution in [1.82, 2.24) is 4.90 Å². The van der Waals surface area contributed by atoms with Crippen molar-refractivity contribution in [2.75, 3.05) is 13.6 Å². The highest BCUT2D eigenvalue weighted by molar-refractivity contribution is 5.86. The summed E-state index contributed by atoms with van der Waals surface area (Å²) in [6, 6.07) is 11.2. The van der Waals surface area contributed by atoms with Crippen LogP contribution in [0, 0.1) is 11.3 Å². The summed E-state index contributed by atoms with van der Waals surface area (Å²) in [5.74, 6) is -0.182. The largest absolute Gasteiger partial charge is 0.343 e. The van der Waals surface area contributed by atoms with Gasteiger partial charge in [-0.3, -0.25) is 4.79 Å². The van der Waals surface area contributed by atoms with Gasteiger partial charge in [0.05, 0.1) is 12.5 Å². The number of nitrogens with two attached hydrogens (primary N) is 1. The molecule has 17 heavy (non-hydrogen) atoms. The smallest absolute Gasteiger partial charge is 0.246 e. The Morgan fingerprint density at radius 3 is 2.59 bits per heavy atom. The zero-order chi connectivity index (χ0) is 12.9. The van der Waals surface area contributed by atoms with Crippen LogP contribution >= 0.6 is 0 Å². The molecule has 1 atom stereocenters. The average Bonchev–Trinajstić information content (AvgIpc) is 2.36. The molecule has 0 radical (unpaired) electrons. The van der Waals surface area contributed by atoms with Crippen LogP contribution in [0.15, 0.2) is 30.3 Å². The van der Waals surface area contributed by atoms with Crippen LogP contribution in [0.3, 0.4) is 0 Å². The summed E-state index contributed by atoms with van der Waals surface area (Å²) < 4.78 is 0. The Balaban J connectivity index is 2.84. The molecule has 0 bridgehead atoms. The Morgan fingerprint density at radius 2 is 2.06 bits per heavy atom. The second kappa shape index (κ2) is 5.46. The minimum Gasteiger partial charge on any atom is -0.343 e. The molecule has 1 rings (SSSR count). The number of hydrogen-bond acceptors (Lipinski definition) is 3. The maximum atomic E-state index is 12.2. The van der Waals surface area contributed by atoms with Crippen molar-refractivity contribution < 1.29 is 4.79 Å². The third-order valence-corrected chi connectivity index (χ3v) is 2.72. The lowest BCUT2D eigenvalue weighted by molar-refractivity contribution is -0.135. The van der Waals surface area contributed by atoms with E-state index in [0.29, 0.717) is 13.0 Å². The molecule has 0 heterocycles. The van der Waals surface area contributed by atoms with Crippen LogP contribution in [0.4, 0.5) is 0 Å². The fourth-order valence-electron chi connectivity index (χ4n) is 1.62. The van der Waals surface area contributed by atoms with Crippen LogP contribution in [0.2, 0.25) is 0 Å². The molecule has 0 spiro atoms. The molecule has 90 valence electrons. The Hall–Kier alpha value is -1.86. The summed E-state index contributed by atoms with van der Waals surface area (Å²) in [5, 5.41) is 8.50. The number of amides is 1. The highest BCUT2D eigenvalue weighted by Crippen LogP contribution is 2.19. The summed E-state index contributed by atoms with van der Waals surface area (Å²) >= 11 is 0. The molecule has 1 amide bonds. The van der Waals surface area contributed by atoms with Gasteiger partial charge in [0.25, 0.3) is 0 Å². The molecule has 1 unspecified atom stereocenters. The predicted octanol–water partition coefficient (Wildman–Crippen LogP) is 1.23. The summed E-state index contributed by atoms with van der Waals surface area (Å²) in [7, 11) is 1.66. The number of rotatable bonds is 4. The molecule has 0 aliphatic carbocycles. The topological polar surface area (TPSA) is 70.1 Å². The Bertz CT molecular complexity index is 420. The fourth-order valence-corrected chi connectivity index (χ4v) is 1.62. The summed E-state index contributed by atoms with van der Waals surface area (Å²) in [4.78, 5) is 13.7. The van der Waals surface area contributed by atoms with Gasteiger partial charge in [0, 0.05) is 13.6 Å². The molecule has 0 saturated heterocycles. The summed E-state index contributed by atoms with van der Waals surface area (Å²) in [6.45, 7) is 2.09. The number of likely N-dealkylation sites (N-methyl/N-ethyl adjacent to an activating group) is 1. The van der Waals surface area contributed by atoms with Crippen molar-refractivity contribution in [1.29, 1.82) is 5.26 Å². The van der Waals surface area contributed by atoms with E-state index in [1.165, 1.54) is 4.90 Å². The normalized spacial score (nSPS) is 13.5. The van der Waals surface area contributed by atoms with E-state index in [0.717, 1.165) is 5.56 Å². The molecule has 4 heteroatoms. The molecule has 0 fully saturated rings. The van der Waals surface area contributed by atoms with Crippen LogP contribution in [0.5, 0.6) is 0 Å². The molecule has 2 N–H and O–H groups in total. The van der Waals surface area contributed by atoms with E-state index in [-0.39, 0.29) is 5.91 Å². The molecule has 1 aromatic carbocycles. The minimum absolute atomic E-state index is 0.182. The lowest BCUT2D eigenvalue weighted by atomic mass is 9.92. The fraction of sp³-hybridized carbons (Fsp3) is 0.385. The molecule has 0 aliphatic heterocycles. The number of carbonyl (C=O) groups excluding carboxylic acids is 1. The monoisotopic (exact) mass is 231 g/mol. The molecule has 1 aromatic rings. The van der Waals surface area contributed by atoms with Gasteiger partial charge in [0.2, 0.25) is 5.91 Å². The predicted molar refractivity (Wildman–Crippen MR) is 65.8 cm³/mol. The zero-order valence-corrected chi connectivity index (χ0v) is 10.2. The van der Waals surface area contributed by atoms with Gasteiger partial charge in [-0.2, -0.15) is 5.26 Å². The second-order valence-electron chi connectivity index (χ2n) is 4.20. The molecule has 0 saturated carbocycles. The van der Waals surface area contributed by atoms with E-state index in [4.69, 9.17) is 11.0 Å². The van der Waals surface area contributed by atoms with Gasteiger partial charge in [-0.05, 0) is 12.5 Å². The maximum Gasteiger partial charge on any atom is 0.246 e. The quantitative estimate of drug-likeness (QED) is 0.847. The van der Waals surface area contributed by atoms with Crippen molar-refractivity contribution in [2.24, 2.45) is 5.73 Å². The van der Waals surface area contributed by atoms with E-state index in [9.17, 15) is 4.79 Å². The van der Waals surface area contributed by atoms with E-state index >= 15 is 0 Å². The molecule has 4 nitrogen and oxygen atoms in total. The number of hydrogen-bond donors (Lipinski definition) is 1. The minimum atomic E-state index is -1.05. The van der Waals surface area contributed by atoms with Gasteiger partial charge in [0.15, 0.2) is 0 Å². The van der Waals surface area contributed by atoms with Gasteiger partial charge >= 0.3 is 0 Å². The van der Waals surface area contributed by atoms with Crippen LogP contribution in [-0.4, -0.2) is 24.4 Å². The first kappa shape index (κ1) is 13.2. The molecule has 0 aliphatic rings. The van der Waals surface area contributed by atoms with Crippen LogP contribution < -0.4 is 5.73 Å². The van der Waals surface area contributed by atoms with Gasteiger partial charge < -0.3 is 10.6 Å². The first-order valence-corrected chi connectivity index (χ1v) is 5.47. The SMILES string of the molecule is CN(CCC#N)C(=O)C(C)(N)c1ccccc1. The molecule has 0 aromatic heterocycles. The van der Waals surface area contributed by atoms with Crippen LogP contribution in [0.25, 0.3) is 0 Å². The molecular formula is C13H17N3O. The van der Waals surface area contributed by atoms with E-state index in [1.54, 1.807) is 14.0 Å². The highest BCUT2D eigenvalue weighted by atomic mass is 16.2. The Kier molecular flexibility index (Phi) is 4.24. The number of nitriles is 1. The second-order valence-corrected chi connectivity index (χ2v) is 4.20. The van der Waals surface area contributed by atoms with Gasteiger partial charge in [-0.1, -0.05) is 30.3 Å². The third-order valence-electron chi connectivity index (χ3n) is 2.72. The first-order chi connectivity index (χ1) is 8.00. The lowest BCUT2D eigenvalue weighted by Gasteiger charge is -2.29. The van der Waals surface area contributed by atoms with E-state index < -0.39 is 5.54 Å². The lowest BCUT2D eigenvalue weighted by Crippen LogP contribution is -2.49. The number of benzene rings is 1. The van der Waals surface area contributed by atoms with Crippen molar-refractivity contribution in [3.05, 3.63) is 35.9 Å². The van der Waals surface area contributed by atoms with E-state index in [1.807, 2.05) is 36.4 Å². The maximum absolute atomic E-state index is 12.2. The summed E-state index contributed by atoms with van der Waals surface area (Å²) in [5.41, 5.74) is 5.80. The van der Waals surface area contributed by atoms with Crippen molar-refractivity contribution in [3.63, 3.8) is 0 Å². The van der Waals surface area contributed by atoms with Gasteiger partial charge in [0.1, 0.15) is 5.54 Å². The zero-order valence-electron chi connectivity index (χ0n) is 10.2. The number of nitrogens with zero attached hydrogens (tertiary/aromatic N) is 2. The first-order valence-electron chi connectivity index (χ1n) is 5.47. The van der Waals surface area contributed by atoms with Gasteiger partial charge in [-0.25, -0.2) is 0 Å². The van der Waals surface area contributed by atoms with Crippen molar-refractivity contribution in [2.45, 2.75) is 18.9 Å². The van der Waals surface area contributed by atoms with Crippen molar-refractivity contribution >= 4 is 5.91 Å².